The van der Waals surface area contributed by atoms with Crippen LogP contribution in [0.5, 0.6) is 0 Å². The van der Waals surface area contributed by atoms with Gasteiger partial charge in [0, 0.05) is 18.9 Å². The molecule has 88 valence electrons. The highest BCUT2D eigenvalue weighted by Gasteiger charge is 2.26. The van der Waals surface area contributed by atoms with Gasteiger partial charge in [0.15, 0.2) is 0 Å². The molecule has 0 spiro atoms. The number of aryl methyl sites for hydroxylation is 1. The number of nitrogens with zero attached hydrogens (tertiary/aromatic N) is 2. The number of hydrogen-bond donors (Lipinski definition) is 1. The molecule has 0 atom stereocenters. The van der Waals surface area contributed by atoms with Gasteiger partial charge in [0.25, 0.3) is 0 Å². The second kappa shape index (κ2) is 4.73. The van der Waals surface area contributed by atoms with Crippen LogP contribution in [0.4, 0.5) is 5.82 Å². The summed E-state index contributed by atoms with van der Waals surface area (Å²) in [5.41, 5.74) is 7.32. The van der Waals surface area contributed by atoms with Gasteiger partial charge in [-0.05, 0) is 19.3 Å². The quantitative estimate of drug-likeness (QED) is 0.774. The van der Waals surface area contributed by atoms with Crippen LogP contribution in [0.25, 0.3) is 0 Å². The fraction of sp³-hybridized carbons (Fsp3) is 0.615. The molecule has 1 aliphatic rings. The molecule has 0 saturated heterocycles. The van der Waals surface area contributed by atoms with Crippen molar-refractivity contribution in [1.82, 2.24) is 9.55 Å². The van der Waals surface area contributed by atoms with Crippen LogP contribution < -0.4 is 5.73 Å². The Labute approximate surface area is 97.4 Å². The van der Waals surface area contributed by atoms with Gasteiger partial charge in [-0.2, -0.15) is 0 Å². The van der Waals surface area contributed by atoms with E-state index in [1.165, 1.54) is 19.3 Å². The molecule has 0 unspecified atom stereocenters. The van der Waals surface area contributed by atoms with E-state index in [1.54, 1.807) is 0 Å². The Bertz CT molecular complexity index is 375. The Balaban J connectivity index is 2.31. The van der Waals surface area contributed by atoms with Crippen LogP contribution in [0.15, 0.2) is 12.7 Å². The molecule has 0 radical (unpaired) electrons. The Morgan fingerprint density at radius 3 is 2.81 bits per heavy atom. The molecule has 3 heteroatoms. The zero-order valence-electron chi connectivity index (χ0n) is 10.1. The van der Waals surface area contributed by atoms with Gasteiger partial charge in [0.2, 0.25) is 0 Å². The van der Waals surface area contributed by atoms with E-state index in [-0.39, 0.29) is 0 Å². The lowest BCUT2D eigenvalue weighted by molar-refractivity contribution is 0.413. The molecule has 3 nitrogen and oxygen atoms in total. The molecule has 1 heterocycles. The van der Waals surface area contributed by atoms with E-state index in [0.717, 1.165) is 36.7 Å². The topological polar surface area (TPSA) is 43.8 Å². The number of hydrogen-bond acceptors (Lipinski definition) is 2. The molecular formula is C13H21N3. The van der Waals surface area contributed by atoms with Gasteiger partial charge < -0.3 is 10.3 Å². The summed E-state index contributed by atoms with van der Waals surface area (Å²) in [7, 11) is 0. The van der Waals surface area contributed by atoms with Crippen molar-refractivity contribution in [3.05, 3.63) is 24.2 Å². The Morgan fingerprint density at radius 2 is 2.31 bits per heavy atom. The van der Waals surface area contributed by atoms with Crippen LogP contribution in [0.1, 0.15) is 50.0 Å². The molecule has 1 aliphatic carbocycles. The van der Waals surface area contributed by atoms with Crippen LogP contribution >= 0.6 is 0 Å². The third-order valence-corrected chi connectivity index (χ3v) is 3.39. The molecule has 0 amide bonds. The van der Waals surface area contributed by atoms with Crippen molar-refractivity contribution in [3.8, 4) is 0 Å². The second-order valence-corrected chi connectivity index (χ2v) is 4.58. The van der Waals surface area contributed by atoms with Crippen molar-refractivity contribution in [2.45, 2.75) is 51.5 Å². The minimum atomic E-state index is 0.613. The van der Waals surface area contributed by atoms with Crippen LogP contribution in [-0.2, 0) is 13.0 Å². The molecule has 1 saturated carbocycles. The SMILES string of the molecule is C=CCn1c(CCC)nc(C2CCC2)c1N. The van der Waals surface area contributed by atoms with Crippen molar-refractivity contribution >= 4 is 5.82 Å². The first-order valence-electron chi connectivity index (χ1n) is 6.23. The van der Waals surface area contributed by atoms with Gasteiger partial charge >= 0.3 is 0 Å². The predicted octanol–water partition coefficient (Wildman–Crippen LogP) is 2.87. The number of anilines is 1. The van der Waals surface area contributed by atoms with Crippen molar-refractivity contribution in [1.29, 1.82) is 0 Å². The van der Waals surface area contributed by atoms with Gasteiger partial charge in [-0.25, -0.2) is 4.98 Å². The van der Waals surface area contributed by atoms with Crippen LogP contribution in [0.3, 0.4) is 0 Å². The van der Waals surface area contributed by atoms with E-state index < -0.39 is 0 Å². The summed E-state index contributed by atoms with van der Waals surface area (Å²) in [6.07, 6.45) is 7.83. The second-order valence-electron chi connectivity index (χ2n) is 4.58. The van der Waals surface area contributed by atoms with Gasteiger partial charge in [-0.15, -0.1) is 6.58 Å². The van der Waals surface area contributed by atoms with E-state index in [2.05, 4.69) is 18.1 Å². The maximum Gasteiger partial charge on any atom is 0.127 e. The van der Waals surface area contributed by atoms with Crippen molar-refractivity contribution < 1.29 is 0 Å². The number of allylic oxidation sites excluding steroid dienone is 1. The van der Waals surface area contributed by atoms with Crippen LogP contribution in [0, 0.1) is 0 Å². The molecule has 2 N–H and O–H groups in total. The number of imidazole rings is 1. The van der Waals surface area contributed by atoms with E-state index >= 15 is 0 Å². The van der Waals surface area contributed by atoms with E-state index in [4.69, 9.17) is 10.7 Å². The zero-order chi connectivity index (χ0) is 11.5. The number of nitrogens with two attached hydrogens (primary N) is 1. The van der Waals surface area contributed by atoms with E-state index in [1.807, 2.05) is 6.08 Å². The van der Waals surface area contributed by atoms with Gasteiger partial charge in [-0.3, -0.25) is 0 Å². The fourth-order valence-electron chi connectivity index (χ4n) is 2.26. The van der Waals surface area contributed by atoms with Crippen molar-refractivity contribution in [2.75, 3.05) is 5.73 Å². The highest BCUT2D eigenvalue weighted by Crippen LogP contribution is 2.38. The van der Waals surface area contributed by atoms with Crippen molar-refractivity contribution in [2.24, 2.45) is 0 Å². The smallest absolute Gasteiger partial charge is 0.127 e. The molecule has 0 aromatic carbocycles. The first-order valence-corrected chi connectivity index (χ1v) is 6.23. The highest BCUT2D eigenvalue weighted by atomic mass is 15.1. The first kappa shape index (κ1) is 11.2. The summed E-state index contributed by atoms with van der Waals surface area (Å²) in [5.74, 6) is 2.61. The average Bonchev–Trinajstić information content (AvgIpc) is 2.46. The number of aromatic nitrogens is 2. The van der Waals surface area contributed by atoms with Crippen molar-refractivity contribution in [3.63, 3.8) is 0 Å². The molecular weight excluding hydrogens is 198 g/mol. The Hall–Kier alpha value is -1.25. The lowest BCUT2D eigenvalue weighted by atomic mass is 9.83. The number of rotatable bonds is 5. The highest BCUT2D eigenvalue weighted by molar-refractivity contribution is 5.41. The molecule has 1 fully saturated rings. The standard InChI is InChI=1S/C13H21N3/c1-3-6-11-15-12(10-7-5-8-10)13(14)16(11)9-4-2/h4,10H,2-3,5-9,14H2,1H3. The largest absolute Gasteiger partial charge is 0.384 e. The molecule has 16 heavy (non-hydrogen) atoms. The maximum atomic E-state index is 6.18. The molecule has 0 bridgehead atoms. The van der Waals surface area contributed by atoms with E-state index in [0.29, 0.717) is 5.92 Å². The summed E-state index contributed by atoms with van der Waals surface area (Å²) < 4.78 is 2.12. The zero-order valence-corrected chi connectivity index (χ0v) is 10.1. The minimum absolute atomic E-state index is 0.613. The van der Waals surface area contributed by atoms with Gasteiger partial charge in [-0.1, -0.05) is 19.4 Å². The minimum Gasteiger partial charge on any atom is -0.384 e. The molecule has 2 rings (SSSR count). The molecule has 1 aromatic heterocycles. The lowest BCUT2D eigenvalue weighted by Gasteiger charge is -2.23. The summed E-state index contributed by atoms with van der Waals surface area (Å²) in [6, 6.07) is 0. The molecule has 1 aromatic rings. The average molecular weight is 219 g/mol. The lowest BCUT2D eigenvalue weighted by Crippen LogP contribution is -2.12. The molecule has 0 aliphatic heterocycles. The number of nitrogen functional groups attached to an aromatic ring is 1. The third kappa shape index (κ3) is 1.86. The Morgan fingerprint density at radius 1 is 1.56 bits per heavy atom. The fourth-order valence-corrected chi connectivity index (χ4v) is 2.26. The van der Waals surface area contributed by atoms with Crippen LogP contribution in [-0.4, -0.2) is 9.55 Å². The third-order valence-electron chi connectivity index (χ3n) is 3.39. The predicted molar refractivity (Wildman–Crippen MR) is 67.4 cm³/mol. The summed E-state index contributed by atoms with van der Waals surface area (Å²) in [5, 5.41) is 0. The summed E-state index contributed by atoms with van der Waals surface area (Å²) in [4.78, 5) is 4.73. The monoisotopic (exact) mass is 219 g/mol. The Kier molecular flexibility index (Phi) is 3.32. The normalized spacial score (nSPS) is 16.1. The summed E-state index contributed by atoms with van der Waals surface area (Å²) in [6.45, 7) is 6.73. The maximum absolute atomic E-state index is 6.18. The summed E-state index contributed by atoms with van der Waals surface area (Å²) >= 11 is 0. The van der Waals surface area contributed by atoms with Crippen LogP contribution in [0.2, 0.25) is 0 Å². The first-order chi connectivity index (χ1) is 7.77. The van der Waals surface area contributed by atoms with Gasteiger partial charge in [0.1, 0.15) is 11.6 Å². The van der Waals surface area contributed by atoms with E-state index in [9.17, 15) is 0 Å². The van der Waals surface area contributed by atoms with Gasteiger partial charge in [0.05, 0.1) is 5.69 Å².